The topological polar surface area (TPSA) is 192 Å². The zero-order valence-corrected chi connectivity index (χ0v) is 66.4. The van der Waals surface area contributed by atoms with Crippen LogP contribution in [0.2, 0.25) is 10.0 Å². The van der Waals surface area contributed by atoms with Gasteiger partial charge >= 0.3 is 14.2 Å². The van der Waals surface area contributed by atoms with E-state index in [-0.39, 0.29) is 0 Å². The van der Waals surface area contributed by atoms with Gasteiger partial charge in [0.05, 0.1) is 22.4 Å². The largest absolute Gasteiger partial charge is 0.494 e. The Bertz CT molecular complexity index is 6160. The van der Waals surface area contributed by atoms with Crippen molar-refractivity contribution < 1.29 is 18.6 Å². The molecule has 564 valence electrons. The Morgan fingerprint density at radius 2 is 0.405 bits per heavy atom. The van der Waals surface area contributed by atoms with E-state index in [4.69, 9.17) is 86.7 Å². The summed E-state index contributed by atoms with van der Waals surface area (Å²) in [5.74, 6) is 4.72. The molecule has 12 bridgehead atoms. The zero-order chi connectivity index (χ0) is 79.7. The van der Waals surface area contributed by atoms with Crippen molar-refractivity contribution in [2.75, 3.05) is 0 Å². The van der Waals surface area contributed by atoms with Gasteiger partial charge in [-0.25, -0.2) is 59.8 Å². The van der Waals surface area contributed by atoms with E-state index in [1.165, 1.54) is 0 Å². The number of benzene rings is 12. The molecule has 5 aromatic heterocycles. The SMILES string of the molecule is CC1(C)OB(c2cccc(-c3nc(-c4ccccc4)nc(-c4cccc(B5OC(C)(C)C(C)(C)O5)c4)n3)c2)OC1(C)C.Clc1cccc(-c2nc(-c3ccccc3)nc(-c3cccc(Cl)c3)n2)c1.c1ccc(-c2nc3nc(n2)c2cccc(c2)c2cccc(c2)c2nc(-c4ccccc4)nc(n2)c2cccc(c2)c2cccc3c2)cc1. The van der Waals surface area contributed by atoms with Crippen LogP contribution in [0.1, 0.15) is 55.4 Å². The third kappa shape index (κ3) is 16.4. The van der Waals surface area contributed by atoms with Gasteiger partial charge in [-0.15, -0.1) is 0 Å². The molecule has 19 rings (SSSR count). The molecule has 0 N–H and O–H groups in total. The monoisotopic (exact) mass is 1550 g/mol. The summed E-state index contributed by atoms with van der Waals surface area (Å²) >= 11 is 12.3. The van der Waals surface area contributed by atoms with Gasteiger partial charge in [0.2, 0.25) is 0 Å². The second-order valence-corrected chi connectivity index (χ2v) is 31.3. The van der Waals surface area contributed by atoms with Crippen molar-refractivity contribution in [3.8, 4) is 91.1 Å². The minimum atomic E-state index is -0.485. The maximum atomic E-state index is 6.32. The van der Waals surface area contributed by atoms with Crippen LogP contribution in [0.5, 0.6) is 0 Å². The van der Waals surface area contributed by atoms with E-state index >= 15 is 0 Å². The smallest absolute Gasteiger partial charge is 0.399 e. The Kier molecular flexibility index (Phi) is 20.9. The predicted octanol–water partition coefficient (Wildman–Crippen LogP) is 21.6. The fourth-order valence-corrected chi connectivity index (χ4v) is 14.0. The molecule has 2 saturated heterocycles. The molecule has 12 aromatic carbocycles. The van der Waals surface area contributed by atoms with Crippen LogP contribution in [0.4, 0.5) is 0 Å². The lowest BCUT2D eigenvalue weighted by atomic mass is 9.78. The van der Waals surface area contributed by atoms with Crippen molar-refractivity contribution in [1.82, 2.24) is 59.8 Å². The lowest BCUT2D eigenvalue weighted by Gasteiger charge is -2.32. The number of rotatable bonds is 10. The molecular weight excluding hydrogens is 1480 g/mol. The van der Waals surface area contributed by atoms with Crippen molar-refractivity contribution in [3.05, 3.63) is 325 Å². The minimum absolute atomic E-state index is 0.434. The van der Waals surface area contributed by atoms with E-state index in [0.29, 0.717) is 79.2 Å². The first-order valence-corrected chi connectivity index (χ1v) is 39.1. The summed E-state index contributed by atoms with van der Waals surface area (Å²) in [5, 5.41) is 9.00. The highest BCUT2D eigenvalue weighted by molar-refractivity contribution is 6.62. The summed E-state index contributed by atoms with van der Waals surface area (Å²) in [6.07, 6.45) is 0. The first-order chi connectivity index (χ1) is 56.2. The van der Waals surface area contributed by atoms with Crippen molar-refractivity contribution in [1.29, 1.82) is 0 Å². The summed E-state index contributed by atoms with van der Waals surface area (Å²) in [6.45, 7) is 16.4. The van der Waals surface area contributed by atoms with Gasteiger partial charge in [0, 0.05) is 76.1 Å². The van der Waals surface area contributed by atoms with Crippen molar-refractivity contribution in [3.63, 3.8) is 0 Å². The number of hydrogen-bond donors (Lipinski definition) is 0. The van der Waals surface area contributed by atoms with Crippen LogP contribution in [0.3, 0.4) is 0 Å². The Hall–Kier alpha value is -12.8. The lowest BCUT2D eigenvalue weighted by Crippen LogP contribution is -2.41. The molecule has 0 unspecified atom stereocenters. The molecular formula is C96H76B2Cl2N12O4. The van der Waals surface area contributed by atoms with E-state index in [1.54, 1.807) is 0 Å². The number of hydrogen-bond acceptors (Lipinski definition) is 16. The number of halogens is 2. The summed E-state index contributed by atoms with van der Waals surface area (Å²) in [6, 6.07) is 104. The van der Waals surface area contributed by atoms with Gasteiger partial charge in [-0.3, -0.25) is 0 Å². The molecule has 7 heterocycles. The molecule has 17 aromatic rings. The molecule has 0 saturated carbocycles. The zero-order valence-electron chi connectivity index (χ0n) is 64.9. The molecule has 0 aliphatic carbocycles. The molecule has 0 radical (unpaired) electrons. The van der Waals surface area contributed by atoms with Crippen LogP contribution in [0.15, 0.2) is 315 Å². The molecule has 0 amide bonds. The summed E-state index contributed by atoms with van der Waals surface area (Å²) in [7, 11) is -0.970. The predicted molar refractivity (Wildman–Crippen MR) is 469 cm³/mol. The molecule has 116 heavy (non-hydrogen) atoms. The number of fused-ring (bicyclic) bond motifs is 18. The van der Waals surface area contributed by atoms with E-state index in [2.05, 4.69) is 119 Å². The van der Waals surface area contributed by atoms with E-state index < -0.39 is 36.6 Å². The molecule has 2 aliphatic rings. The maximum Gasteiger partial charge on any atom is 0.494 e. The highest BCUT2D eigenvalue weighted by atomic mass is 35.5. The molecule has 20 heteroatoms. The van der Waals surface area contributed by atoms with E-state index in [9.17, 15) is 0 Å². The third-order valence-corrected chi connectivity index (χ3v) is 21.8. The van der Waals surface area contributed by atoms with E-state index in [1.807, 2.05) is 267 Å². The van der Waals surface area contributed by atoms with Gasteiger partial charge < -0.3 is 18.6 Å². The number of aromatic nitrogens is 12. The molecule has 0 atom stereocenters. The Labute approximate surface area is 682 Å². The minimum Gasteiger partial charge on any atom is -0.399 e. The lowest BCUT2D eigenvalue weighted by molar-refractivity contribution is 0.00578. The second kappa shape index (κ2) is 31.9. The Morgan fingerprint density at radius 3 is 0.664 bits per heavy atom. The second-order valence-electron chi connectivity index (χ2n) is 30.5. The molecule has 16 nitrogen and oxygen atoms in total. The van der Waals surface area contributed by atoms with Crippen molar-refractivity contribution in [2.45, 2.75) is 77.8 Å². The Morgan fingerprint density at radius 1 is 0.198 bits per heavy atom. The highest BCUT2D eigenvalue weighted by Gasteiger charge is 2.53. The molecule has 0 spiro atoms. The highest BCUT2D eigenvalue weighted by Crippen LogP contribution is 2.39. The first kappa shape index (κ1) is 75.9. The fourth-order valence-electron chi connectivity index (χ4n) is 13.6. The molecule has 2 aliphatic heterocycles. The maximum absolute atomic E-state index is 6.32. The molecule has 2 fully saturated rings. The van der Waals surface area contributed by atoms with E-state index in [0.717, 1.165) is 98.5 Å². The summed E-state index contributed by atoms with van der Waals surface area (Å²) in [4.78, 5) is 58.7. The van der Waals surface area contributed by atoms with Gasteiger partial charge in [-0.1, -0.05) is 290 Å². The third-order valence-electron chi connectivity index (χ3n) is 21.3. The summed E-state index contributed by atoms with van der Waals surface area (Å²) in [5.41, 5.74) is 9.60. The van der Waals surface area contributed by atoms with Crippen LogP contribution in [0, 0.1) is 0 Å². The van der Waals surface area contributed by atoms with Crippen LogP contribution >= 0.6 is 23.2 Å². The van der Waals surface area contributed by atoms with Gasteiger partial charge in [0.15, 0.2) is 69.2 Å². The average molecular weight is 1550 g/mol. The summed E-state index contributed by atoms with van der Waals surface area (Å²) < 4.78 is 25.3. The van der Waals surface area contributed by atoms with Crippen LogP contribution in [-0.4, -0.2) is 96.4 Å². The standard InChI is InChI=1S/C42H26N6.C33H37B2N3O4.C21H13Cl2N3/c1-3-11-27(12-4-1)37-43-39-33-19-7-15-29(23-33)31-17-9-21-35(25-31)41-45-38(28-13-5-2-6-14-28)46-42(48-41)36-22-10-18-32(26-36)30-16-8-20-34(24-30)40(44-37)47-39;1-30(2)31(3,4)40-34(39-30)25-18-12-16-23(20-25)28-36-27(22-14-10-9-11-15-22)37-29(38-28)24-17-13-19-26(21-24)35-41-32(5,6)33(7,8)42-35;22-17-10-4-8-15(12-17)20-24-19(14-6-2-1-3-7-14)25-21(26-20)16-9-5-11-18(23)13-16/h1-26H;9-21H,1-8H3;1-13H. The van der Waals surface area contributed by atoms with Crippen LogP contribution in [-0.2, 0) is 18.6 Å². The van der Waals surface area contributed by atoms with Crippen molar-refractivity contribution in [2.24, 2.45) is 0 Å². The van der Waals surface area contributed by atoms with Crippen molar-refractivity contribution >= 4 is 114 Å². The quantitative estimate of drug-likeness (QED) is 0.117. The van der Waals surface area contributed by atoms with Gasteiger partial charge in [0.1, 0.15) is 0 Å². The van der Waals surface area contributed by atoms with Gasteiger partial charge in [0.25, 0.3) is 0 Å². The van der Waals surface area contributed by atoms with Crippen LogP contribution in [0.25, 0.3) is 157 Å². The average Bonchev–Trinajstić information content (AvgIpc) is 1.41. The Balaban J connectivity index is 0.000000131. The van der Waals surface area contributed by atoms with Gasteiger partial charge in [-0.2, -0.15) is 0 Å². The van der Waals surface area contributed by atoms with Crippen LogP contribution < -0.4 is 10.9 Å². The normalized spacial score (nSPS) is 14.4. The van der Waals surface area contributed by atoms with Gasteiger partial charge in [-0.05, 0) is 136 Å². The number of nitrogens with zero attached hydrogens (tertiary/aromatic N) is 12. The fraction of sp³-hybridized carbons (Fsp3) is 0.125. The first-order valence-electron chi connectivity index (χ1n) is 38.3.